The molecule has 110 valence electrons. The molecule has 3 unspecified atom stereocenters. The van der Waals surface area contributed by atoms with Crippen molar-refractivity contribution in [3.8, 4) is 0 Å². The number of rotatable bonds is 3. The molecule has 1 heterocycles. The van der Waals surface area contributed by atoms with E-state index in [1.807, 2.05) is 0 Å². The normalized spacial score (nSPS) is 38.3. The predicted octanol–water partition coefficient (Wildman–Crippen LogP) is 1.90. The van der Waals surface area contributed by atoms with Gasteiger partial charge in [-0.15, -0.1) is 0 Å². The molecule has 1 aliphatic heterocycles. The highest BCUT2D eigenvalue weighted by Gasteiger charge is 2.43. The molecular formula is C15H28N2O2. The second kappa shape index (κ2) is 5.80. The van der Waals surface area contributed by atoms with Crippen LogP contribution in [0.1, 0.15) is 39.5 Å². The highest BCUT2D eigenvalue weighted by atomic mass is 16.4. The van der Waals surface area contributed by atoms with Gasteiger partial charge in [-0.05, 0) is 32.7 Å². The maximum atomic E-state index is 11.8. The number of likely N-dealkylation sites (N-methyl/N-ethyl adjacent to an activating group) is 1. The summed E-state index contributed by atoms with van der Waals surface area (Å²) < 4.78 is 0. The average molecular weight is 268 g/mol. The van der Waals surface area contributed by atoms with Crippen LogP contribution in [0.2, 0.25) is 0 Å². The van der Waals surface area contributed by atoms with Crippen LogP contribution in [0.5, 0.6) is 0 Å². The van der Waals surface area contributed by atoms with Crippen molar-refractivity contribution in [2.75, 3.05) is 33.2 Å². The lowest BCUT2D eigenvalue weighted by Crippen LogP contribution is -2.54. The van der Waals surface area contributed by atoms with Crippen molar-refractivity contribution < 1.29 is 9.90 Å². The molecule has 1 saturated heterocycles. The lowest BCUT2D eigenvalue weighted by Gasteiger charge is -2.44. The maximum Gasteiger partial charge on any atom is 0.310 e. The van der Waals surface area contributed by atoms with E-state index in [0.717, 1.165) is 45.4 Å². The van der Waals surface area contributed by atoms with Gasteiger partial charge in [0.25, 0.3) is 0 Å². The van der Waals surface area contributed by atoms with Gasteiger partial charge < -0.3 is 10.0 Å². The van der Waals surface area contributed by atoms with Gasteiger partial charge in [0.1, 0.15) is 0 Å². The van der Waals surface area contributed by atoms with E-state index in [4.69, 9.17) is 0 Å². The minimum Gasteiger partial charge on any atom is -0.481 e. The Bertz CT molecular complexity index is 334. The number of hydrogen-bond donors (Lipinski definition) is 1. The van der Waals surface area contributed by atoms with Crippen LogP contribution in [0.3, 0.4) is 0 Å². The molecule has 0 aromatic heterocycles. The van der Waals surface area contributed by atoms with Gasteiger partial charge in [-0.1, -0.05) is 19.8 Å². The van der Waals surface area contributed by atoms with E-state index in [0.29, 0.717) is 12.0 Å². The summed E-state index contributed by atoms with van der Waals surface area (Å²) in [6, 6.07) is 0.528. The summed E-state index contributed by atoms with van der Waals surface area (Å²) in [4.78, 5) is 16.5. The highest BCUT2D eigenvalue weighted by Crippen LogP contribution is 2.40. The molecule has 1 saturated carbocycles. The molecule has 19 heavy (non-hydrogen) atoms. The molecule has 2 aliphatic rings. The van der Waals surface area contributed by atoms with Crippen LogP contribution in [0.15, 0.2) is 0 Å². The quantitative estimate of drug-likeness (QED) is 0.849. The molecule has 4 nitrogen and oxygen atoms in total. The van der Waals surface area contributed by atoms with Crippen LogP contribution in [-0.2, 0) is 4.79 Å². The Morgan fingerprint density at radius 3 is 2.68 bits per heavy atom. The summed E-state index contributed by atoms with van der Waals surface area (Å²) in [6.07, 6.45) is 3.96. The molecule has 1 N–H and O–H groups in total. The first-order valence-electron chi connectivity index (χ1n) is 7.59. The fraction of sp³-hybridized carbons (Fsp3) is 0.933. The van der Waals surface area contributed by atoms with E-state index in [9.17, 15) is 9.90 Å². The van der Waals surface area contributed by atoms with Crippen LogP contribution in [0, 0.1) is 11.3 Å². The Balaban J connectivity index is 2.03. The second-order valence-electron chi connectivity index (χ2n) is 6.85. The van der Waals surface area contributed by atoms with Crippen molar-refractivity contribution in [3.63, 3.8) is 0 Å². The van der Waals surface area contributed by atoms with Crippen LogP contribution in [-0.4, -0.2) is 60.1 Å². The smallest absolute Gasteiger partial charge is 0.310 e. The summed E-state index contributed by atoms with van der Waals surface area (Å²) in [6.45, 7) is 8.22. The fourth-order valence-electron chi connectivity index (χ4n) is 3.76. The van der Waals surface area contributed by atoms with Gasteiger partial charge in [-0.25, -0.2) is 0 Å². The molecule has 0 bridgehead atoms. The molecule has 0 aromatic rings. The summed E-state index contributed by atoms with van der Waals surface area (Å²) in [5, 5.41) is 9.72. The van der Waals surface area contributed by atoms with E-state index in [2.05, 4.69) is 30.7 Å². The summed E-state index contributed by atoms with van der Waals surface area (Å²) >= 11 is 0. The predicted molar refractivity (Wildman–Crippen MR) is 76.2 cm³/mol. The average Bonchev–Trinajstić information content (AvgIpc) is 2.34. The van der Waals surface area contributed by atoms with E-state index < -0.39 is 11.4 Å². The third kappa shape index (κ3) is 3.29. The van der Waals surface area contributed by atoms with Crippen molar-refractivity contribution in [2.24, 2.45) is 11.3 Å². The van der Waals surface area contributed by atoms with E-state index in [-0.39, 0.29) is 0 Å². The van der Waals surface area contributed by atoms with Crippen molar-refractivity contribution in [2.45, 2.75) is 45.6 Å². The number of piperazine rings is 1. The molecule has 2 fully saturated rings. The number of carboxylic acid groups (broad SMARTS) is 1. The number of nitrogens with zero attached hydrogens (tertiary/aromatic N) is 2. The molecule has 0 aromatic carbocycles. The van der Waals surface area contributed by atoms with Crippen LogP contribution >= 0.6 is 0 Å². The number of hydrogen-bond acceptors (Lipinski definition) is 3. The molecule has 0 radical (unpaired) electrons. The van der Waals surface area contributed by atoms with Crippen LogP contribution < -0.4 is 0 Å². The van der Waals surface area contributed by atoms with E-state index >= 15 is 0 Å². The zero-order valence-corrected chi connectivity index (χ0v) is 12.6. The van der Waals surface area contributed by atoms with Gasteiger partial charge in [-0.3, -0.25) is 9.69 Å². The van der Waals surface area contributed by atoms with Gasteiger partial charge in [0.2, 0.25) is 0 Å². The molecule has 2 rings (SSSR count). The zero-order valence-electron chi connectivity index (χ0n) is 12.6. The zero-order chi connectivity index (χ0) is 14.0. The first kappa shape index (κ1) is 14.8. The standard InChI is InChI=1S/C15H28N2O2/c1-12-5-4-6-15(9-12,14(18)19)11-17-8-7-16(3)13(2)10-17/h12-13H,4-11H2,1-3H3,(H,18,19). The molecule has 1 aliphatic carbocycles. The van der Waals surface area contributed by atoms with E-state index in [1.54, 1.807) is 0 Å². The minimum absolute atomic E-state index is 0.493. The molecular weight excluding hydrogens is 240 g/mol. The van der Waals surface area contributed by atoms with Gasteiger partial charge in [0.15, 0.2) is 0 Å². The van der Waals surface area contributed by atoms with Crippen molar-refractivity contribution >= 4 is 5.97 Å². The summed E-state index contributed by atoms with van der Waals surface area (Å²) in [7, 11) is 2.15. The number of carboxylic acids is 1. The Morgan fingerprint density at radius 2 is 2.11 bits per heavy atom. The number of carbonyl (C=O) groups is 1. The van der Waals surface area contributed by atoms with Crippen LogP contribution in [0.25, 0.3) is 0 Å². The monoisotopic (exact) mass is 268 g/mol. The molecule has 3 atom stereocenters. The first-order valence-corrected chi connectivity index (χ1v) is 7.59. The van der Waals surface area contributed by atoms with E-state index in [1.165, 1.54) is 6.42 Å². The van der Waals surface area contributed by atoms with Gasteiger partial charge >= 0.3 is 5.97 Å². The Hall–Kier alpha value is -0.610. The first-order chi connectivity index (χ1) is 8.93. The Kier molecular flexibility index (Phi) is 4.51. The van der Waals surface area contributed by atoms with Crippen LogP contribution in [0.4, 0.5) is 0 Å². The van der Waals surface area contributed by atoms with Crippen molar-refractivity contribution in [3.05, 3.63) is 0 Å². The second-order valence-corrected chi connectivity index (χ2v) is 6.85. The number of aliphatic carboxylic acids is 1. The van der Waals surface area contributed by atoms with Crippen molar-refractivity contribution in [1.29, 1.82) is 0 Å². The third-order valence-corrected chi connectivity index (χ3v) is 5.12. The topological polar surface area (TPSA) is 43.8 Å². The van der Waals surface area contributed by atoms with Crippen molar-refractivity contribution in [1.82, 2.24) is 9.80 Å². The lowest BCUT2D eigenvalue weighted by molar-refractivity contribution is -0.154. The maximum absolute atomic E-state index is 11.8. The highest BCUT2D eigenvalue weighted by molar-refractivity contribution is 5.75. The fourth-order valence-corrected chi connectivity index (χ4v) is 3.76. The Morgan fingerprint density at radius 1 is 1.37 bits per heavy atom. The molecule has 0 spiro atoms. The third-order valence-electron chi connectivity index (χ3n) is 5.12. The Labute approximate surface area is 116 Å². The largest absolute Gasteiger partial charge is 0.481 e. The summed E-state index contributed by atoms with van der Waals surface area (Å²) in [5.74, 6) is -0.0274. The summed E-state index contributed by atoms with van der Waals surface area (Å²) in [5.41, 5.74) is -0.493. The lowest BCUT2D eigenvalue weighted by atomic mass is 9.69. The van der Waals surface area contributed by atoms with Gasteiger partial charge in [0.05, 0.1) is 5.41 Å². The van der Waals surface area contributed by atoms with Gasteiger partial charge in [0, 0.05) is 32.2 Å². The SMILES string of the molecule is CC1CCCC(CN2CCN(C)C(C)C2)(C(=O)O)C1. The van der Waals surface area contributed by atoms with Gasteiger partial charge in [-0.2, -0.15) is 0 Å². The minimum atomic E-state index is -0.578. The molecule has 0 amide bonds. The molecule has 4 heteroatoms.